The summed E-state index contributed by atoms with van der Waals surface area (Å²) in [7, 11) is 3.07. The van der Waals surface area contributed by atoms with E-state index in [4.69, 9.17) is 0 Å². The van der Waals surface area contributed by atoms with Crippen LogP contribution in [0.4, 0.5) is 10.2 Å². The van der Waals surface area contributed by atoms with Gasteiger partial charge in [0.2, 0.25) is 0 Å². The predicted molar refractivity (Wildman–Crippen MR) is 104 cm³/mol. The van der Waals surface area contributed by atoms with Crippen LogP contribution in [0, 0.1) is 5.82 Å². The van der Waals surface area contributed by atoms with Gasteiger partial charge in [-0.15, -0.1) is 0 Å². The average molecular weight is 373 g/mol. The Morgan fingerprint density at radius 2 is 2.19 bits per heavy atom. The molecule has 0 amide bonds. The van der Waals surface area contributed by atoms with Crippen LogP contribution in [0.5, 0.6) is 0 Å². The second-order valence-corrected chi connectivity index (χ2v) is 6.71. The number of benzene rings is 1. The molecule has 1 aromatic heterocycles. The lowest BCUT2D eigenvalue weighted by Gasteiger charge is -2.26. The summed E-state index contributed by atoms with van der Waals surface area (Å²) < 4.78 is 16.3. The number of aliphatic imine (C=N–C) groups is 1. The monoisotopic (exact) mass is 373 g/mol. The Kier molecular flexibility index (Phi) is 5.85. The van der Waals surface area contributed by atoms with E-state index in [-0.39, 0.29) is 24.0 Å². The van der Waals surface area contributed by atoms with Crippen molar-refractivity contribution in [2.45, 2.75) is 25.4 Å². The maximum atomic E-state index is 13.8. The highest BCUT2D eigenvalue weighted by Gasteiger charge is 2.17. The van der Waals surface area contributed by atoms with Crippen molar-refractivity contribution in [3.05, 3.63) is 62.0 Å². The van der Waals surface area contributed by atoms with Gasteiger partial charge in [0.25, 0.3) is 5.56 Å². The van der Waals surface area contributed by atoms with Crippen LogP contribution < -0.4 is 21.9 Å². The molecule has 2 aromatic rings. The van der Waals surface area contributed by atoms with Crippen molar-refractivity contribution in [2.75, 3.05) is 25.5 Å². The van der Waals surface area contributed by atoms with Crippen LogP contribution in [0.25, 0.3) is 0 Å². The first kappa shape index (κ1) is 19.0. The van der Waals surface area contributed by atoms with Crippen LogP contribution in [-0.2, 0) is 13.6 Å². The van der Waals surface area contributed by atoms with E-state index < -0.39 is 5.69 Å². The number of piperidine rings is 1. The molecule has 1 atom stereocenters. The van der Waals surface area contributed by atoms with Crippen LogP contribution in [0.2, 0.25) is 0 Å². The van der Waals surface area contributed by atoms with E-state index in [2.05, 4.69) is 15.6 Å². The number of rotatable bonds is 5. The Hall–Kier alpha value is -2.74. The van der Waals surface area contributed by atoms with Gasteiger partial charge in [0, 0.05) is 39.0 Å². The molecule has 7 nitrogen and oxygen atoms in total. The minimum Gasteiger partial charge on any atom is -0.367 e. The maximum Gasteiger partial charge on any atom is 0.332 e. The van der Waals surface area contributed by atoms with Crippen LogP contribution in [0.15, 0.2) is 38.8 Å². The number of aromatic nitrogens is 2. The summed E-state index contributed by atoms with van der Waals surface area (Å²) >= 11 is 0. The topological polar surface area (TPSA) is 80.4 Å². The fourth-order valence-electron chi connectivity index (χ4n) is 3.27. The molecule has 0 radical (unpaired) electrons. The zero-order valence-electron chi connectivity index (χ0n) is 15.5. The molecule has 1 unspecified atom stereocenters. The van der Waals surface area contributed by atoms with Crippen molar-refractivity contribution in [1.29, 1.82) is 0 Å². The van der Waals surface area contributed by atoms with Crippen LogP contribution in [-0.4, -0.2) is 41.5 Å². The fraction of sp³-hybridized carbons (Fsp3) is 0.421. The van der Waals surface area contributed by atoms with Gasteiger partial charge in [-0.25, -0.2) is 9.18 Å². The van der Waals surface area contributed by atoms with Crippen molar-refractivity contribution in [3.8, 4) is 0 Å². The number of nitrogens with zero attached hydrogens (tertiary/aromatic N) is 3. The fourth-order valence-corrected chi connectivity index (χ4v) is 3.27. The van der Waals surface area contributed by atoms with E-state index in [0.717, 1.165) is 36.1 Å². The van der Waals surface area contributed by atoms with Gasteiger partial charge in [-0.2, -0.15) is 0 Å². The summed E-state index contributed by atoms with van der Waals surface area (Å²) in [5, 5.41) is 6.60. The van der Waals surface area contributed by atoms with Crippen LogP contribution in [0.1, 0.15) is 24.0 Å². The zero-order valence-corrected chi connectivity index (χ0v) is 15.5. The number of hydrogen-bond acceptors (Lipinski definition) is 5. The molecular formula is C19H24FN5O2. The maximum absolute atomic E-state index is 13.8. The molecule has 0 aliphatic carbocycles. The minimum atomic E-state index is -0.447. The smallest absolute Gasteiger partial charge is 0.332 e. The van der Waals surface area contributed by atoms with Crippen molar-refractivity contribution in [3.63, 3.8) is 0 Å². The SMILES string of the molecule is CN=Cc1ccc(F)cc1Cn1c(NC2CCCNC2)cc(=O)n(C)c1=O. The molecule has 0 saturated carbocycles. The Labute approximate surface area is 156 Å². The first-order valence-corrected chi connectivity index (χ1v) is 8.98. The summed E-state index contributed by atoms with van der Waals surface area (Å²) in [5.41, 5.74) is 0.519. The van der Waals surface area contributed by atoms with Gasteiger partial charge < -0.3 is 10.6 Å². The standard InChI is InChI=1S/C19H24FN5O2/c1-21-10-13-5-6-15(20)8-14(13)12-25-17(9-18(26)24(2)19(25)27)23-16-4-3-7-22-11-16/h5-6,8-10,16,22-23H,3-4,7,11-12H2,1-2H3. The molecule has 0 spiro atoms. The highest BCUT2D eigenvalue weighted by molar-refractivity contribution is 5.81. The predicted octanol–water partition coefficient (Wildman–Crippen LogP) is 0.947. The number of nitrogens with one attached hydrogen (secondary N) is 2. The third kappa shape index (κ3) is 4.33. The molecule has 0 bridgehead atoms. The lowest BCUT2D eigenvalue weighted by atomic mass is 10.1. The minimum absolute atomic E-state index is 0.126. The zero-order chi connectivity index (χ0) is 19.4. The molecule has 2 N–H and O–H groups in total. The normalized spacial score (nSPS) is 17.4. The quantitative estimate of drug-likeness (QED) is 0.765. The lowest BCUT2D eigenvalue weighted by molar-refractivity contribution is 0.475. The molecule has 1 saturated heterocycles. The van der Waals surface area contributed by atoms with E-state index in [1.165, 1.54) is 29.8 Å². The van der Waals surface area contributed by atoms with Gasteiger partial charge in [0.1, 0.15) is 11.6 Å². The molecule has 1 aliphatic rings. The number of anilines is 1. The van der Waals surface area contributed by atoms with E-state index >= 15 is 0 Å². The van der Waals surface area contributed by atoms with E-state index in [1.807, 2.05) is 0 Å². The number of hydrogen-bond donors (Lipinski definition) is 2. The summed E-state index contributed by atoms with van der Waals surface area (Å²) in [6.45, 7) is 1.86. The molecule has 8 heteroatoms. The second-order valence-electron chi connectivity index (χ2n) is 6.71. The van der Waals surface area contributed by atoms with E-state index in [9.17, 15) is 14.0 Å². The van der Waals surface area contributed by atoms with Gasteiger partial charge in [-0.05, 0) is 42.6 Å². The molecule has 1 aromatic carbocycles. The van der Waals surface area contributed by atoms with Crippen molar-refractivity contribution in [2.24, 2.45) is 12.0 Å². The molecule has 3 rings (SSSR count). The van der Waals surface area contributed by atoms with E-state index in [1.54, 1.807) is 19.3 Å². The largest absolute Gasteiger partial charge is 0.367 e. The van der Waals surface area contributed by atoms with Crippen LogP contribution >= 0.6 is 0 Å². The van der Waals surface area contributed by atoms with Gasteiger partial charge in [-0.1, -0.05) is 6.07 Å². The Morgan fingerprint density at radius 1 is 1.37 bits per heavy atom. The first-order valence-electron chi connectivity index (χ1n) is 8.98. The van der Waals surface area contributed by atoms with Gasteiger partial charge in [-0.3, -0.25) is 18.9 Å². The number of halogens is 1. The third-order valence-corrected chi connectivity index (χ3v) is 4.75. The highest BCUT2D eigenvalue weighted by Crippen LogP contribution is 2.15. The van der Waals surface area contributed by atoms with Crippen molar-refractivity contribution < 1.29 is 4.39 Å². The van der Waals surface area contributed by atoms with Crippen LogP contribution in [0.3, 0.4) is 0 Å². The summed E-state index contributed by atoms with van der Waals surface area (Å²) in [6.07, 6.45) is 3.60. The molecule has 27 heavy (non-hydrogen) atoms. The second kappa shape index (κ2) is 8.30. The Balaban J connectivity index is 2.04. The molecule has 2 heterocycles. The summed E-state index contributed by atoms with van der Waals surface area (Å²) in [4.78, 5) is 28.9. The summed E-state index contributed by atoms with van der Waals surface area (Å²) in [6, 6.07) is 5.92. The average Bonchev–Trinajstić information content (AvgIpc) is 2.66. The van der Waals surface area contributed by atoms with E-state index in [0.29, 0.717) is 11.4 Å². The van der Waals surface area contributed by atoms with Gasteiger partial charge in [0.05, 0.1) is 6.54 Å². The van der Waals surface area contributed by atoms with Gasteiger partial charge in [0.15, 0.2) is 0 Å². The first-order chi connectivity index (χ1) is 13.0. The lowest BCUT2D eigenvalue weighted by Crippen LogP contribution is -2.43. The Bertz CT molecular complexity index is 958. The van der Waals surface area contributed by atoms with Crippen molar-refractivity contribution in [1.82, 2.24) is 14.5 Å². The third-order valence-electron chi connectivity index (χ3n) is 4.75. The molecular weight excluding hydrogens is 349 g/mol. The Morgan fingerprint density at radius 3 is 2.89 bits per heavy atom. The summed E-state index contributed by atoms with van der Waals surface area (Å²) in [5.74, 6) is 0.0579. The molecule has 144 valence electrons. The molecule has 1 fully saturated rings. The van der Waals surface area contributed by atoms with Crippen molar-refractivity contribution >= 4 is 12.0 Å². The highest BCUT2D eigenvalue weighted by atomic mass is 19.1. The molecule has 1 aliphatic heterocycles. The van der Waals surface area contributed by atoms with Gasteiger partial charge >= 0.3 is 5.69 Å².